The minimum absolute atomic E-state index is 0.0693. The molecule has 7 heteroatoms. The van der Waals surface area contributed by atoms with Crippen molar-refractivity contribution in [3.63, 3.8) is 0 Å². The van der Waals surface area contributed by atoms with Gasteiger partial charge in [-0.05, 0) is 93.1 Å². The second-order valence-corrected chi connectivity index (χ2v) is 10.8. The fourth-order valence-electron chi connectivity index (χ4n) is 7.19. The number of alkyl halides is 1. The number of nitrogens with zero attached hydrogens (tertiary/aromatic N) is 1. The van der Waals surface area contributed by atoms with Gasteiger partial charge in [-0.1, -0.05) is 0 Å². The Bertz CT molecular complexity index is 961. The predicted octanol–water partition coefficient (Wildman–Crippen LogP) is 4.69. The second-order valence-electron chi connectivity index (χ2n) is 10.8. The minimum Gasteiger partial charge on any atom is -0.489 e. The number of amides is 1. The van der Waals surface area contributed by atoms with Crippen molar-refractivity contribution in [2.75, 3.05) is 6.54 Å². The zero-order valence-corrected chi connectivity index (χ0v) is 18.1. The van der Waals surface area contributed by atoms with Crippen LogP contribution < -0.4 is 4.74 Å². The van der Waals surface area contributed by atoms with E-state index in [1.165, 1.54) is 11.0 Å². The highest BCUT2D eigenvalue weighted by atomic mass is 19.1. The quantitative estimate of drug-likeness (QED) is 0.714. The summed E-state index contributed by atoms with van der Waals surface area (Å²) < 4.78 is 36.7. The summed E-state index contributed by atoms with van der Waals surface area (Å²) in [6.07, 6.45) is 6.54. The van der Waals surface area contributed by atoms with Gasteiger partial charge in [0.05, 0.1) is 5.56 Å². The molecule has 6 fully saturated rings. The fraction of sp³-hybridized carbons (Fsp3) is 0.680. The Kier molecular flexibility index (Phi) is 4.57. The van der Waals surface area contributed by atoms with E-state index in [4.69, 9.17) is 4.74 Å². The van der Waals surface area contributed by atoms with Crippen molar-refractivity contribution in [1.82, 2.24) is 4.90 Å². The average Bonchev–Trinajstić information content (AvgIpc) is 3.43. The molecule has 1 amide bonds. The molecule has 3 atom stereocenters. The summed E-state index contributed by atoms with van der Waals surface area (Å²) in [6.45, 7) is 0.323. The van der Waals surface area contributed by atoms with Crippen LogP contribution in [0.1, 0.15) is 79.6 Å². The zero-order valence-electron chi connectivity index (χ0n) is 18.1. The van der Waals surface area contributed by atoms with E-state index < -0.39 is 29.4 Å². The number of hydrogen-bond donors (Lipinski definition) is 1. The van der Waals surface area contributed by atoms with Gasteiger partial charge in [0, 0.05) is 12.6 Å². The molecular formula is C25H29F2NO4. The van der Waals surface area contributed by atoms with E-state index in [9.17, 15) is 14.7 Å². The van der Waals surface area contributed by atoms with Crippen molar-refractivity contribution in [3.8, 4) is 5.75 Å². The smallest absolute Gasteiger partial charge is 0.326 e. The van der Waals surface area contributed by atoms with Gasteiger partial charge in [0.25, 0.3) is 5.91 Å². The van der Waals surface area contributed by atoms with Gasteiger partial charge in [0.1, 0.15) is 29.4 Å². The van der Waals surface area contributed by atoms with Crippen LogP contribution in [0, 0.1) is 23.6 Å². The van der Waals surface area contributed by atoms with E-state index in [1.54, 1.807) is 6.07 Å². The molecule has 5 saturated carbocycles. The molecule has 7 rings (SSSR count). The van der Waals surface area contributed by atoms with Crippen LogP contribution in [0.15, 0.2) is 12.1 Å². The molecule has 6 aliphatic rings. The number of hydrogen-bond acceptors (Lipinski definition) is 3. The highest BCUT2D eigenvalue weighted by Gasteiger charge is 2.57. The van der Waals surface area contributed by atoms with Gasteiger partial charge >= 0.3 is 5.97 Å². The topological polar surface area (TPSA) is 66.8 Å². The molecule has 0 spiro atoms. The van der Waals surface area contributed by atoms with Crippen LogP contribution in [0.3, 0.4) is 0 Å². The van der Waals surface area contributed by atoms with Crippen LogP contribution in [0.2, 0.25) is 0 Å². The van der Waals surface area contributed by atoms with E-state index in [-0.39, 0.29) is 29.4 Å². The number of carbonyl (C=O) groups excluding carboxylic acids is 1. The van der Waals surface area contributed by atoms with E-state index >= 15 is 8.78 Å². The number of halogens is 2. The van der Waals surface area contributed by atoms with Crippen LogP contribution in [0.25, 0.3) is 0 Å². The van der Waals surface area contributed by atoms with Crippen LogP contribution >= 0.6 is 0 Å². The maximum atomic E-state index is 15.2. The first kappa shape index (κ1) is 20.4. The summed E-state index contributed by atoms with van der Waals surface area (Å²) in [5.74, 6) is -0.775. The number of carboxylic acid groups (broad SMARTS) is 1. The number of aliphatic carboxylic acids is 1. The summed E-state index contributed by atoms with van der Waals surface area (Å²) >= 11 is 0. The second kappa shape index (κ2) is 7.16. The van der Waals surface area contributed by atoms with Gasteiger partial charge in [-0.2, -0.15) is 0 Å². The summed E-state index contributed by atoms with van der Waals surface area (Å²) in [5, 5.41) is 9.41. The average molecular weight is 446 g/mol. The van der Waals surface area contributed by atoms with Gasteiger partial charge in [0.15, 0.2) is 0 Å². The number of carboxylic acids is 1. The predicted molar refractivity (Wildman–Crippen MR) is 112 cm³/mol. The molecule has 1 saturated heterocycles. The van der Waals surface area contributed by atoms with Crippen LogP contribution in [-0.4, -0.2) is 46.2 Å². The van der Waals surface area contributed by atoms with Crippen molar-refractivity contribution >= 4 is 11.9 Å². The Balaban J connectivity index is 1.29. The maximum Gasteiger partial charge on any atom is 0.326 e. The number of rotatable bonds is 5. The van der Waals surface area contributed by atoms with Gasteiger partial charge < -0.3 is 14.7 Å². The number of likely N-dealkylation sites (tertiary alicyclic amines) is 1. The minimum atomic E-state index is -1.05. The Labute approximate surface area is 186 Å². The van der Waals surface area contributed by atoms with Gasteiger partial charge in [0.2, 0.25) is 0 Å². The largest absolute Gasteiger partial charge is 0.489 e. The first-order valence-electron chi connectivity index (χ1n) is 12.0. The summed E-state index contributed by atoms with van der Waals surface area (Å²) in [4.78, 5) is 25.8. The normalized spacial score (nSPS) is 37.7. The molecule has 5 aliphatic carbocycles. The fourth-order valence-corrected chi connectivity index (χ4v) is 7.19. The zero-order chi connectivity index (χ0) is 22.2. The first-order valence-corrected chi connectivity index (χ1v) is 12.0. The lowest BCUT2D eigenvalue weighted by atomic mass is 9.53. The highest BCUT2D eigenvalue weighted by molar-refractivity contribution is 5.97. The van der Waals surface area contributed by atoms with Crippen molar-refractivity contribution < 1.29 is 28.2 Å². The van der Waals surface area contributed by atoms with Crippen molar-refractivity contribution in [2.24, 2.45) is 17.8 Å². The molecule has 1 aromatic carbocycles. The van der Waals surface area contributed by atoms with Crippen LogP contribution in [0.5, 0.6) is 5.75 Å². The van der Waals surface area contributed by atoms with Crippen LogP contribution in [-0.2, 0) is 4.79 Å². The molecule has 4 bridgehead atoms. The Morgan fingerprint density at radius 3 is 2.44 bits per heavy atom. The summed E-state index contributed by atoms with van der Waals surface area (Å²) in [5.41, 5.74) is -0.280. The van der Waals surface area contributed by atoms with Crippen molar-refractivity contribution in [2.45, 2.75) is 81.5 Å². The van der Waals surface area contributed by atoms with Crippen molar-refractivity contribution in [3.05, 3.63) is 29.1 Å². The molecule has 5 nitrogen and oxygen atoms in total. The van der Waals surface area contributed by atoms with Gasteiger partial charge in [-0.3, -0.25) is 4.79 Å². The Morgan fingerprint density at radius 1 is 1.09 bits per heavy atom. The lowest BCUT2D eigenvalue weighted by Crippen LogP contribution is -2.56. The van der Waals surface area contributed by atoms with Gasteiger partial charge in [-0.25, -0.2) is 13.6 Å². The van der Waals surface area contributed by atoms with E-state index in [0.29, 0.717) is 50.3 Å². The molecule has 32 heavy (non-hydrogen) atoms. The highest BCUT2D eigenvalue weighted by Crippen LogP contribution is 2.58. The standard InChI is InChI=1S/C25H29F2NO4/c26-19-9-21(32-22-15-6-13-7-16(22)12-25(27,10-13)11-15)17(14-3-4-14)8-18(19)23(29)28-5-1-2-20(28)24(30)31/h8-9,13-16,20,22H,1-7,10-12H2,(H,30,31)/t13?,15?,16?,20-,22-,25-/m0/s1. The molecule has 1 aliphatic heterocycles. The third kappa shape index (κ3) is 3.30. The Morgan fingerprint density at radius 2 is 1.81 bits per heavy atom. The molecule has 0 aromatic heterocycles. The molecular weight excluding hydrogens is 416 g/mol. The maximum absolute atomic E-state index is 15.2. The number of ether oxygens (including phenoxy) is 1. The number of benzene rings is 1. The lowest BCUT2D eigenvalue weighted by molar-refractivity contribution is -0.141. The molecule has 0 radical (unpaired) electrons. The first-order chi connectivity index (χ1) is 15.3. The third-order valence-corrected chi connectivity index (χ3v) is 8.52. The summed E-state index contributed by atoms with van der Waals surface area (Å²) in [7, 11) is 0. The molecule has 1 N–H and O–H groups in total. The molecule has 1 heterocycles. The lowest BCUT2D eigenvalue weighted by Gasteiger charge is -2.56. The SMILES string of the molecule is O=C(O)[C@@H]1CCCN1C(=O)c1cc(C2CC2)c(O[C@H]2C3CC4CC2C[C@](F)(C4)C3)cc1F. The van der Waals surface area contributed by atoms with Crippen molar-refractivity contribution in [1.29, 1.82) is 0 Å². The Hall–Kier alpha value is -2.18. The van der Waals surface area contributed by atoms with E-state index in [2.05, 4.69) is 0 Å². The molecule has 1 aromatic rings. The summed E-state index contributed by atoms with van der Waals surface area (Å²) in [6, 6.07) is 2.01. The van der Waals surface area contributed by atoms with E-state index in [1.807, 2.05) is 0 Å². The van der Waals surface area contributed by atoms with E-state index in [0.717, 1.165) is 31.2 Å². The van der Waals surface area contributed by atoms with Gasteiger partial charge in [-0.15, -0.1) is 0 Å². The monoisotopic (exact) mass is 445 g/mol. The molecule has 2 unspecified atom stereocenters. The third-order valence-electron chi connectivity index (χ3n) is 8.52. The van der Waals surface area contributed by atoms with Crippen LogP contribution in [0.4, 0.5) is 8.78 Å². The molecule has 172 valence electrons. The number of carbonyl (C=O) groups is 2.